The molecule has 0 aliphatic heterocycles. The maximum Gasteiger partial charge on any atom is 0.337 e. The van der Waals surface area contributed by atoms with Crippen LogP contribution >= 0.6 is 0 Å². The van der Waals surface area contributed by atoms with E-state index in [9.17, 15) is 9.59 Å². The molecule has 1 N–H and O–H groups in total. The normalized spacial score (nSPS) is 15.4. The molecule has 0 aromatic heterocycles. The van der Waals surface area contributed by atoms with Crippen molar-refractivity contribution in [3.8, 4) is 11.8 Å². The Balaban J connectivity index is 1.71. The predicted molar refractivity (Wildman–Crippen MR) is 105 cm³/mol. The van der Waals surface area contributed by atoms with Crippen LogP contribution in [-0.4, -0.2) is 19.0 Å². The van der Waals surface area contributed by atoms with Crippen LogP contribution in [0.15, 0.2) is 60.7 Å². The molecule has 0 saturated carbocycles. The molecule has 0 fully saturated rings. The van der Waals surface area contributed by atoms with Gasteiger partial charge in [0.25, 0.3) is 0 Å². The first-order valence-corrected chi connectivity index (χ1v) is 8.92. The topological polar surface area (TPSA) is 55.4 Å². The van der Waals surface area contributed by atoms with Crippen LogP contribution in [0.4, 0.5) is 5.69 Å². The van der Waals surface area contributed by atoms with Crippen LogP contribution in [0.5, 0.6) is 0 Å². The Morgan fingerprint density at radius 3 is 2.48 bits per heavy atom. The van der Waals surface area contributed by atoms with Gasteiger partial charge in [0.1, 0.15) is 0 Å². The molecule has 136 valence electrons. The van der Waals surface area contributed by atoms with Crippen molar-refractivity contribution in [2.24, 2.45) is 5.92 Å². The fourth-order valence-corrected chi connectivity index (χ4v) is 2.94. The molecular weight excluding hydrogens is 338 g/mol. The van der Waals surface area contributed by atoms with Crippen molar-refractivity contribution in [3.05, 3.63) is 77.4 Å². The molecule has 1 aliphatic carbocycles. The standard InChI is InChI=1S/C23H21NO3/c1-27-23(26)20-11-5-7-17(15-20)13-14-18-8-6-12-21(16-18)24-22(25)19-9-3-2-4-10-19/h2-3,5-8,11-12,15-16,19H,4,9-10H2,1H3,(H,24,25)/t19-/m0/s1. The average molecular weight is 359 g/mol. The van der Waals surface area contributed by atoms with E-state index in [0.717, 1.165) is 36.1 Å². The fraction of sp³-hybridized carbons (Fsp3) is 0.217. The van der Waals surface area contributed by atoms with Crippen LogP contribution in [0.1, 0.15) is 40.7 Å². The lowest BCUT2D eigenvalue weighted by atomic mass is 9.93. The molecule has 3 rings (SSSR count). The maximum absolute atomic E-state index is 12.4. The van der Waals surface area contributed by atoms with E-state index in [4.69, 9.17) is 4.74 Å². The first kappa shape index (κ1) is 18.5. The molecule has 1 amide bonds. The average Bonchev–Trinajstić information content (AvgIpc) is 2.73. The Hall–Kier alpha value is -3.32. The highest BCUT2D eigenvalue weighted by Gasteiger charge is 2.18. The first-order chi connectivity index (χ1) is 13.2. The summed E-state index contributed by atoms with van der Waals surface area (Å²) in [7, 11) is 1.35. The van der Waals surface area contributed by atoms with Gasteiger partial charge >= 0.3 is 5.97 Å². The zero-order chi connectivity index (χ0) is 19.1. The number of hydrogen-bond donors (Lipinski definition) is 1. The summed E-state index contributed by atoms with van der Waals surface area (Å²) in [4.78, 5) is 24.0. The summed E-state index contributed by atoms with van der Waals surface area (Å²) in [5, 5.41) is 2.98. The largest absolute Gasteiger partial charge is 0.465 e. The summed E-state index contributed by atoms with van der Waals surface area (Å²) in [6.45, 7) is 0. The van der Waals surface area contributed by atoms with Crippen molar-refractivity contribution in [3.63, 3.8) is 0 Å². The van der Waals surface area contributed by atoms with E-state index in [1.807, 2.05) is 30.3 Å². The zero-order valence-corrected chi connectivity index (χ0v) is 15.2. The number of amides is 1. The van der Waals surface area contributed by atoms with E-state index in [0.29, 0.717) is 5.56 Å². The van der Waals surface area contributed by atoms with E-state index < -0.39 is 0 Å². The Bertz CT molecular complexity index is 934. The highest BCUT2D eigenvalue weighted by Crippen LogP contribution is 2.20. The van der Waals surface area contributed by atoms with Crippen LogP contribution < -0.4 is 5.32 Å². The van der Waals surface area contributed by atoms with Crippen molar-refractivity contribution in [1.82, 2.24) is 0 Å². The Morgan fingerprint density at radius 2 is 1.78 bits per heavy atom. The second-order valence-corrected chi connectivity index (χ2v) is 6.37. The van der Waals surface area contributed by atoms with Crippen LogP contribution in [0.25, 0.3) is 0 Å². The van der Waals surface area contributed by atoms with Crippen LogP contribution in [0.3, 0.4) is 0 Å². The molecule has 27 heavy (non-hydrogen) atoms. The summed E-state index contributed by atoms with van der Waals surface area (Å²) in [6.07, 6.45) is 6.82. The summed E-state index contributed by atoms with van der Waals surface area (Å²) in [5.41, 5.74) is 2.72. The molecular formula is C23H21NO3. The van der Waals surface area contributed by atoms with E-state index in [-0.39, 0.29) is 17.8 Å². The van der Waals surface area contributed by atoms with Gasteiger partial charge in [0.2, 0.25) is 5.91 Å². The molecule has 0 spiro atoms. The molecule has 0 heterocycles. The van der Waals surface area contributed by atoms with Crippen molar-refractivity contribution < 1.29 is 14.3 Å². The van der Waals surface area contributed by atoms with Gasteiger partial charge in [-0.05, 0) is 55.7 Å². The lowest BCUT2D eigenvalue weighted by Gasteiger charge is -2.17. The Labute approximate surface area is 159 Å². The third kappa shape index (κ3) is 5.08. The molecule has 0 radical (unpaired) electrons. The van der Waals surface area contributed by atoms with Gasteiger partial charge < -0.3 is 10.1 Å². The van der Waals surface area contributed by atoms with Gasteiger partial charge in [0, 0.05) is 22.7 Å². The number of anilines is 1. The molecule has 4 nitrogen and oxygen atoms in total. The van der Waals surface area contributed by atoms with Gasteiger partial charge in [0.05, 0.1) is 12.7 Å². The number of nitrogens with one attached hydrogen (secondary N) is 1. The van der Waals surface area contributed by atoms with Gasteiger partial charge in [-0.2, -0.15) is 0 Å². The SMILES string of the molecule is COC(=O)c1cccc(C#Cc2cccc(NC(=O)[C@H]3CC=CCC3)c2)c1. The number of methoxy groups -OCH3 is 1. The quantitative estimate of drug-likeness (QED) is 0.508. The fourth-order valence-electron chi connectivity index (χ4n) is 2.94. The van der Waals surface area contributed by atoms with E-state index in [1.165, 1.54) is 7.11 Å². The second-order valence-electron chi connectivity index (χ2n) is 6.37. The predicted octanol–water partition coefficient (Wildman–Crippen LogP) is 4.17. The number of allylic oxidation sites excluding steroid dienone is 2. The van der Waals surface area contributed by atoms with Crippen LogP contribution in [0, 0.1) is 17.8 Å². The molecule has 1 aliphatic rings. The minimum absolute atomic E-state index is 0.0331. The molecule has 2 aromatic rings. The van der Waals surface area contributed by atoms with E-state index in [1.54, 1.807) is 18.2 Å². The zero-order valence-electron chi connectivity index (χ0n) is 15.2. The van der Waals surface area contributed by atoms with Gasteiger partial charge in [-0.3, -0.25) is 4.79 Å². The number of ether oxygens (including phenoxy) is 1. The smallest absolute Gasteiger partial charge is 0.337 e. The number of hydrogen-bond acceptors (Lipinski definition) is 3. The molecule has 4 heteroatoms. The minimum atomic E-state index is -0.388. The number of carbonyl (C=O) groups is 2. The van der Waals surface area contributed by atoms with Crippen molar-refractivity contribution in [1.29, 1.82) is 0 Å². The molecule has 0 bridgehead atoms. The summed E-state index contributed by atoms with van der Waals surface area (Å²) >= 11 is 0. The summed E-state index contributed by atoms with van der Waals surface area (Å²) in [5.74, 6) is 5.81. The van der Waals surface area contributed by atoms with Crippen LogP contribution in [0.2, 0.25) is 0 Å². The third-order valence-electron chi connectivity index (χ3n) is 4.40. The molecule has 2 aromatic carbocycles. The monoisotopic (exact) mass is 359 g/mol. The highest BCUT2D eigenvalue weighted by molar-refractivity contribution is 5.93. The Morgan fingerprint density at radius 1 is 1.04 bits per heavy atom. The third-order valence-corrected chi connectivity index (χ3v) is 4.40. The second kappa shape index (κ2) is 8.86. The van der Waals surface area contributed by atoms with Gasteiger partial charge in [-0.25, -0.2) is 4.79 Å². The maximum atomic E-state index is 12.4. The van der Waals surface area contributed by atoms with Crippen molar-refractivity contribution in [2.75, 3.05) is 12.4 Å². The van der Waals surface area contributed by atoms with Crippen molar-refractivity contribution >= 4 is 17.6 Å². The lowest BCUT2D eigenvalue weighted by Crippen LogP contribution is -2.23. The summed E-state index contributed by atoms with van der Waals surface area (Å²) < 4.78 is 4.73. The summed E-state index contributed by atoms with van der Waals surface area (Å²) in [6, 6.07) is 14.5. The molecule has 0 unspecified atom stereocenters. The van der Waals surface area contributed by atoms with Gasteiger partial charge in [-0.15, -0.1) is 0 Å². The van der Waals surface area contributed by atoms with Gasteiger partial charge in [-0.1, -0.05) is 36.1 Å². The molecule has 0 saturated heterocycles. The van der Waals surface area contributed by atoms with Crippen molar-refractivity contribution in [2.45, 2.75) is 19.3 Å². The Kier molecular flexibility index (Phi) is 6.06. The van der Waals surface area contributed by atoms with Gasteiger partial charge in [0.15, 0.2) is 0 Å². The number of rotatable bonds is 3. The number of benzene rings is 2. The highest BCUT2D eigenvalue weighted by atomic mass is 16.5. The number of esters is 1. The molecule has 1 atom stereocenters. The van der Waals surface area contributed by atoms with Crippen LogP contribution in [-0.2, 0) is 9.53 Å². The van der Waals surface area contributed by atoms with E-state index >= 15 is 0 Å². The first-order valence-electron chi connectivity index (χ1n) is 8.92. The van der Waals surface area contributed by atoms with E-state index in [2.05, 4.69) is 29.3 Å². The number of carbonyl (C=O) groups excluding carboxylic acids is 2. The lowest BCUT2D eigenvalue weighted by molar-refractivity contribution is -0.120. The minimum Gasteiger partial charge on any atom is -0.465 e.